The summed E-state index contributed by atoms with van der Waals surface area (Å²) in [5, 5.41) is 2.96. The molecule has 1 aliphatic heterocycles. The van der Waals surface area contributed by atoms with Crippen LogP contribution in [-0.4, -0.2) is 21.4 Å². The Bertz CT molecular complexity index is 1830. The highest BCUT2D eigenvalue weighted by Gasteiger charge is 2.34. The van der Waals surface area contributed by atoms with E-state index in [1.165, 1.54) is 12.1 Å². The summed E-state index contributed by atoms with van der Waals surface area (Å²) in [4.78, 5) is 32.8. The van der Waals surface area contributed by atoms with Gasteiger partial charge in [0.2, 0.25) is 0 Å². The van der Waals surface area contributed by atoms with Crippen LogP contribution in [0.2, 0.25) is 0 Å². The standard InChI is InChI=1S/C34H27F3N4O2/c1-22-18-24(10-12-27(22)28-7-3-4-8-29(28)34(35,36)37)33(43)41-21-26-11-13-31(32(42)39-19-23-14-16-38-17-15-23)40(26)20-25-6-2-5-9-30(25)41/h2-18H,19-21H2,1H3,(H,39,42). The molecule has 0 atom stereocenters. The molecule has 0 saturated heterocycles. The number of fused-ring (bicyclic) bond motifs is 2. The average Bonchev–Trinajstić information content (AvgIpc) is 3.32. The average molecular weight is 581 g/mol. The molecule has 0 unspecified atom stereocenters. The number of benzene rings is 3. The highest BCUT2D eigenvalue weighted by Crippen LogP contribution is 2.38. The zero-order valence-electron chi connectivity index (χ0n) is 23.2. The summed E-state index contributed by atoms with van der Waals surface area (Å²) in [5.41, 5.74) is 4.44. The zero-order chi connectivity index (χ0) is 30.1. The molecule has 9 heteroatoms. The van der Waals surface area contributed by atoms with Crippen molar-refractivity contribution in [1.29, 1.82) is 0 Å². The van der Waals surface area contributed by atoms with E-state index >= 15 is 0 Å². The normalized spacial score (nSPS) is 12.7. The molecule has 2 amide bonds. The van der Waals surface area contributed by atoms with Crippen LogP contribution in [-0.2, 0) is 25.8 Å². The number of rotatable bonds is 5. The van der Waals surface area contributed by atoms with E-state index in [0.717, 1.165) is 22.9 Å². The van der Waals surface area contributed by atoms with Gasteiger partial charge in [-0.3, -0.25) is 14.6 Å². The minimum atomic E-state index is -4.50. The number of nitrogens with zero attached hydrogens (tertiary/aromatic N) is 3. The molecule has 0 radical (unpaired) electrons. The second-order valence-electron chi connectivity index (χ2n) is 10.4. The summed E-state index contributed by atoms with van der Waals surface area (Å²) in [6.07, 6.45) is -1.16. The van der Waals surface area contributed by atoms with Gasteiger partial charge in [-0.25, -0.2) is 0 Å². The van der Waals surface area contributed by atoms with Gasteiger partial charge in [0.1, 0.15) is 5.69 Å². The monoisotopic (exact) mass is 580 g/mol. The first-order valence-electron chi connectivity index (χ1n) is 13.7. The van der Waals surface area contributed by atoms with Crippen LogP contribution in [0.5, 0.6) is 0 Å². The summed E-state index contributed by atoms with van der Waals surface area (Å²) in [5.74, 6) is -0.518. The first-order valence-corrected chi connectivity index (χ1v) is 13.7. The molecule has 1 aliphatic rings. The topological polar surface area (TPSA) is 67.2 Å². The number of alkyl halides is 3. The molecule has 2 aromatic heterocycles. The smallest absolute Gasteiger partial charge is 0.347 e. The van der Waals surface area contributed by atoms with Crippen LogP contribution < -0.4 is 10.2 Å². The largest absolute Gasteiger partial charge is 0.417 e. The van der Waals surface area contributed by atoms with E-state index in [1.807, 2.05) is 47.0 Å². The Balaban J connectivity index is 1.31. The molecule has 1 N–H and O–H groups in total. The van der Waals surface area contributed by atoms with E-state index in [0.29, 0.717) is 41.2 Å². The third-order valence-corrected chi connectivity index (χ3v) is 7.68. The van der Waals surface area contributed by atoms with Crippen LogP contribution in [0.1, 0.15) is 48.8 Å². The predicted molar refractivity (Wildman–Crippen MR) is 158 cm³/mol. The van der Waals surface area contributed by atoms with E-state index in [-0.39, 0.29) is 23.9 Å². The molecule has 5 aromatic rings. The van der Waals surface area contributed by atoms with E-state index in [1.54, 1.807) is 54.5 Å². The second kappa shape index (κ2) is 11.2. The maximum absolute atomic E-state index is 14.0. The number of aromatic nitrogens is 2. The molecule has 0 saturated carbocycles. The first kappa shape index (κ1) is 28.0. The van der Waals surface area contributed by atoms with Crippen molar-refractivity contribution >= 4 is 17.5 Å². The summed E-state index contributed by atoms with van der Waals surface area (Å²) >= 11 is 0. The van der Waals surface area contributed by atoms with Gasteiger partial charge < -0.3 is 14.8 Å². The van der Waals surface area contributed by atoms with E-state index in [9.17, 15) is 22.8 Å². The Labute approximate surface area is 246 Å². The van der Waals surface area contributed by atoms with E-state index in [4.69, 9.17) is 0 Å². The second-order valence-corrected chi connectivity index (χ2v) is 10.4. The number of carbonyl (C=O) groups excluding carboxylic acids is 2. The molecule has 0 bridgehead atoms. The lowest BCUT2D eigenvalue weighted by atomic mass is 9.94. The number of pyridine rings is 1. The molecule has 3 aromatic carbocycles. The van der Waals surface area contributed by atoms with Gasteiger partial charge >= 0.3 is 6.18 Å². The van der Waals surface area contributed by atoms with Crippen molar-refractivity contribution in [3.05, 3.63) is 143 Å². The first-order chi connectivity index (χ1) is 20.7. The number of anilines is 1. The maximum Gasteiger partial charge on any atom is 0.417 e. The Morgan fingerprint density at radius 2 is 1.60 bits per heavy atom. The van der Waals surface area contributed by atoms with Crippen molar-refractivity contribution in [2.45, 2.75) is 32.7 Å². The molecule has 3 heterocycles. The third kappa shape index (κ3) is 5.53. The van der Waals surface area contributed by atoms with Crippen molar-refractivity contribution in [2.75, 3.05) is 4.90 Å². The van der Waals surface area contributed by atoms with Crippen molar-refractivity contribution in [3.8, 4) is 11.1 Å². The van der Waals surface area contributed by atoms with Crippen LogP contribution in [0.4, 0.5) is 18.9 Å². The van der Waals surface area contributed by atoms with Gasteiger partial charge in [-0.2, -0.15) is 13.2 Å². The molecular weight excluding hydrogens is 553 g/mol. The van der Waals surface area contributed by atoms with Crippen LogP contribution >= 0.6 is 0 Å². The van der Waals surface area contributed by atoms with Crippen LogP contribution in [0, 0.1) is 6.92 Å². The van der Waals surface area contributed by atoms with E-state index < -0.39 is 11.7 Å². The summed E-state index contributed by atoms with van der Waals surface area (Å²) < 4.78 is 43.0. The highest BCUT2D eigenvalue weighted by molar-refractivity contribution is 6.07. The summed E-state index contributed by atoms with van der Waals surface area (Å²) in [7, 11) is 0. The molecule has 6 rings (SSSR count). The fourth-order valence-electron chi connectivity index (χ4n) is 5.53. The van der Waals surface area contributed by atoms with Gasteiger partial charge in [0.25, 0.3) is 11.8 Å². The minimum absolute atomic E-state index is 0.0687. The van der Waals surface area contributed by atoms with Gasteiger partial charge in [0, 0.05) is 35.9 Å². The third-order valence-electron chi connectivity index (χ3n) is 7.68. The molecule has 216 valence electrons. The van der Waals surface area contributed by atoms with Crippen molar-refractivity contribution in [2.24, 2.45) is 0 Å². The number of hydrogen-bond acceptors (Lipinski definition) is 3. The summed E-state index contributed by atoms with van der Waals surface area (Å²) in [6, 6.07) is 25.0. The molecule has 0 fully saturated rings. The SMILES string of the molecule is Cc1cc(C(=O)N2Cc3ccc(C(=O)NCc4ccncc4)n3Cc3ccccc32)ccc1-c1ccccc1C(F)(F)F. The quantitative estimate of drug-likeness (QED) is 0.243. The number of nitrogens with one attached hydrogen (secondary N) is 1. The number of carbonyl (C=O) groups is 2. The van der Waals surface area contributed by atoms with Gasteiger partial charge in [0.05, 0.1) is 18.7 Å². The lowest BCUT2D eigenvalue weighted by molar-refractivity contribution is -0.137. The van der Waals surface area contributed by atoms with Gasteiger partial charge in [-0.1, -0.05) is 42.5 Å². The van der Waals surface area contributed by atoms with Gasteiger partial charge in [-0.15, -0.1) is 0 Å². The lowest BCUT2D eigenvalue weighted by Crippen LogP contribution is -2.31. The van der Waals surface area contributed by atoms with Crippen molar-refractivity contribution in [3.63, 3.8) is 0 Å². The number of halogens is 3. The molecule has 0 aliphatic carbocycles. The summed E-state index contributed by atoms with van der Waals surface area (Å²) in [6.45, 7) is 2.67. The number of para-hydroxylation sites is 1. The van der Waals surface area contributed by atoms with Crippen molar-refractivity contribution < 1.29 is 22.8 Å². The maximum atomic E-state index is 14.0. The zero-order valence-corrected chi connectivity index (χ0v) is 23.2. The highest BCUT2D eigenvalue weighted by atomic mass is 19.4. The molecular formula is C34H27F3N4O2. The Hall–Kier alpha value is -5.18. The van der Waals surface area contributed by atoms with Crippen LogP contribution in [0.15, 0.2) is 103 Å². The molecule has 43 heavy (non-hydrogen) atoms. The van der Waals surface area contributed by atoms with Gasteiger partial charge in [0.15, 0.2) is 0 Å². The lowest BCUT2D eigenvalue weighted by Gasteiger charge is -2.23. The predicted octanol–water partition coefficient (Wildman–Crippen LogP) is 7.02. The molecule has 0 spiro atoms. The van der Waals surface area contributed by atoms with Gasteiger partial charge in [-0.05, 0) is 83.3 Å². The van der Waals surface area contributed by atoms with E-state index in [2.05, 4.69) is 10.3 Å². The minimum Gasteiger partial charge on any atom is -0.347 e. The number of amides is 2. The van der Waals surface area contributed by atoms with Crippen molar-refractivity contribution in [1.82, 2.24) is 14.9 Å². The molecule has 6 nitrogen and oxygen atoms in total. The van der Waals surface area contributed by atoms with Crippen LogP contribution in [0.3, 0.4) is 0 Å². The Kier molecular flexibility index (Phi) is 7.31. The fraction of sp³-hybridized carbons (Fsp3) is 0.147. The Morgan fingerprint density at radius 1 is 0.860 bits per heavy atom. The Morgan fingerprint density at radius 3 is 2.37 bits per heavy atom. The van der Waals surface area contributed by atoms with Crippen LogP contribution in [0.25, 0.3) is 11.1 Å². The number of aryl methyl sites for hydroxylation is 1. The number of hydrogen-bond donors (Lipinski definition) is 1. The fourth-order valence-corrected chi connectivity index (χ4v) is 5.53.